The number of nitrogens with zero attached hydrogens (tertiary/aromatic N) is 3. The van der Waals surface area contributed by atoms with Crippen LogP contribution in [0.25, 0.3) is 65.0 Å². The Hall–Kier alpha value is -5.12. The largest absolute Gasteiger partial charge is 0.494 e. The summed E-state index contributed by atoms with van der Waals surface area (Å²) in [5, 5.41) is 35.9. The van der Waals surface area contributed by atoms with E-state index in [2.05, 4.69) is 0 Å². The number of fused-ring (bicyclic) bond motifs is 2. The molecule has 1 aliphatic carbocycles. The number of aromatic hydroxyl groups is 1. The van der Waals surface area contributed by atoms with E-state index in [1.807, 2.05) is 0 Å². The molecule has 2 N–H and O–H groups in total. The minimum atomic E-state index is -0.541. The highest BCUT2D eigenvalue weighted by atomic mass is 16.6. The molecule has 0 saturated heterocycles. The van der Waals surface area contributed by atoms with Crippen molar-refractivity contribution < 1.29 is 10.0 Å². The number of nitro groups is 1. The smallest absolute Gasteiger partial charge is 0.278 e. The standard InChI is InChI=1S/C29H20N4O6/c1-4-31-26(34)14-7-5-12-22-18(30)9-16-21-15(28(36)32(11(2)3)29(16)37)8-6-13(24(21)22)23-19(33(38)39)10-17(27(31)35)20(14)25(12)23/h5-11,30,35H,4H2,1-3H3. The van der Waals surface area contributed by atoms with Gasteiger partial charge < -0.3 is 10.5 Å². The first-order valence-corrected chi connectivity index (χ1v) is 12.5. The maximum Gasteiger partial charge on any atom is 0.278 e. The maximum absolute atomic E-state index is 13.5. The first-order valence-electron chi connectivity index (χ1n) is 12.5. The van der Waals surface area contributed by atoms with E-state index in [1.54, 1.807) is 45.0 Å². The summed E-state index contributed by atoms with van der Waals surface area (Å²) in [6, 6.07) is 8.74. The molecule has 0 spiro atoms. The van der Waals surface area contributed by atoms with Crippen molar-refractivity contribution in [2.75, 3.05) is 0 Å². The van der Waals surface area contributed by atoms with E-state index >= 15 is 0 Å². The van der Waals surface area contributed by atoms with Gasteiger partial charge in [-0.25, -0.2) is 0 Å². The van der Waals surface area contributed by atoms with Crippen LogP contribution in [0.4, 0.5) is 5.69 Å². The molecule has 5 aromatic rings. The summed E-state index contributed by atoms with van der Waals surface area (Å²) in [7, 11) is 0. The summed E-state index contributed by atoms with van der Waals surface area (Å²) in [5.74, 6) is -0.367. The summed E-state index contributed by atoms with van der Waals surface area (Å²) in [6.45, 7) is 5.34. The molecule has 0 unspecified atom stereocenters. The van der Waals surface area contributed by atoms with Gasteiger partial charge in [0.1, 0.15) is 0 Å². The molecule has 7 rings (SSSR count). The summed E-state index contributed by atoms with van der Waals surface area (Å²) in [6.07, 6.45) is 0. The predicted molar refractivity (Wildman–Crippen MR) is 149 cm³/mol. The second-order valence-electron chi connectivity index (χ2n) is 10.2. The van der Waals surface area contributed by atoms with Crippen LogP contribution < -0.4 is 22.0 Å². The van der Waals surface area contributed by atoms with Gasteiger partial charge in [-0.2, -0.15) is 0 Å². The molecule has 10 nitrogen and oxygen atoms in total. The minimum absolute atomic E-state index is 0.0156. The zero-order valence-corrected chi connectivity index (χ0v) is 21.1. The van der Waals surface area contributed by atoms with Crippen molar-refractivity contribution in [1.82, 2.24) is 9.13 Å². The number of nitro benzene ring substituents is 1. The highest BCUT2D eigenvalue weighted by Gasteiger charge is 2.30. The Bertz CT molecular complexity index is 2420. The summed E-state index contributed by atoms with van der Waals surface area (Å²) in [4.78, 5) is 52.1. The van der Waals surface area contributed by atoms with E-state index in [0.717, 1.165) is 4.57 Å². The molecule has 0 fully saturated rings. The van der Waals surface area contributed by atoms with Crippen LogP contribution in [0.3, 0.4) is 0 Å². The molecular weight excluding hydrogens is 500 g/mol. The van der Waals surface area contributed by atoms with Crippen LogP contribution in [0.1, 0.15) is 26.8 Å². The van der Waals surface area contributed by atoms with Gasteiger partial charge in [-0.15, -0.1) is 0 Å². The number of pyridine rings is 2. The monoisotopic (exact) mass is 520 g/mol. The number of non-ortho nitro benzene ring substituents is 1. The summed E-state index contributed by atoms with van der Waals surface area (Å²) < 4.78 is 2.33. The van der Waals surface area contributed by atoms with Crippen molar-refractivity contribution in [2.24, 2.45) is 0 Å². The molecule has 10 heteroatoms. The third kappa shape index (κ3) is 2.55. The van der Waals surface area contributed by atoms with E-state index in [1.165, 1.54) is 16.7 Å². The van der Waals surface area contributed by atoms with Gasteiger partial charge >= 0.3 is 0 Å². The number of benzene rings is 5. The molecule has 0 atom stereocenters. The Morgan fingerprint density at radius 2 is 1.49 bits per heavy atom. The Labute approximate surface area is 217 Å². The van der Waals surface area contributed by atoms with Gasteiger partial charge in [0.2, 0.25) is 5.88 Å². The molecular formula is C29H20N4O6. The van der Waals surface area contributed by atoms with Crippen molar-refractivity contribution in [3.8, 4) is 17.0 Å². The van der Waals surface area contributed by atoms with Gasteiger partial charge in [-0.3, -0.25) is 33.6 Å². The number of nitrogens with one attached hydrogen (secondary N) is 1. The van der Waals surface area contributed by atoms with Gasteiger partial charge in [0, 0.05) is 56.5 Å². The Morgan fingerprint density at radius 1 is 0.846 bits per heavy atom. The molecule has 2 aliphatic rings. The lowest BCUT2D eigenvalue weighted by molar-refractivity contribution is -0.382. The van der Waals surface area contributed by atoms with Crippen molar-refractivity contribution >= 4 is 59.5 Å². The van der Waals surface area contributed by atoms with Gasteiger partial charge in [0.25, 0.3) is 22.4 Å². The van der Waals surface area contributed by atoms with E-state index < -0.39 is 27.6 Å². The van der Waals surface area contributed by atoms with Crippen molar-refractivity contribution in [1.29, 1.82) is 5.41 Å². The fraction of sp³-hybridized carbons (Fsp3) is 0.172. The van der Waals surface area contributed by atoms with Crippen molar-refractivity contribution in [2.45, 2.75) is 33.4 Å². The first kappa shape index (κ1) is 23.0. The van der Waals surface area contributed by atoms with E-state index in [-0.39, 0.29) is 50.6 Å². The van der Waals surface area contributed by atoms with Gasteiger partial charge in [-0.05, 0) is 49.7 Å². The Morgan fingerprint density at radius 3 is 2.13 bits per heavy atom. The first-order chi connectivity index (χ1) is 18.6. The molecule has 4 aromatic carbocycles. The molecule has 1 aromatic heterocycles. The third-order valence-corrected chi connectivity index (χ3v) is 7.98. The van der Waals surface area contributed by atoms with Crippen molar-refractivity contribution in [3.05, 3.63) is 82.9 Å². The second-order valence-corrected chi connectivity index (χ2v) is 10.2. The third-order valence-electron chi connectivity index (χ3n) is 7.98. The average molecular weight is 521 g/mol. The van der Waals surface area contributed by atoms with Gasteiger partial charge in [0.05, 0.1) is 26.6 Å². The fourth-order valence-electron chi connectivity index (χ4n) is 6.43. The number of hydrogen-bond acceptors (Lipinski definition) is 7. The van der Waals surface area contributed by atoms with Crippen LogP contribution in [0.5, 0.6) is 5.88 Å². The minimum Gasteiger partial charge on any atom is -0.494 e. The fourth-order valence-corrected chi connectivity index (χ4v) is 6.43. The Kier molecular flexibility index (Phi) is 4.28. The molecule has 0 saturated carbocycles. The molecule has 0 bridgehead atoms. The summed E-state index contributed by atoms with van der Waals surface area (Å²) in [5.41, 5.74) is -1.14. The van der Waals surface area contributed by atoms with Gasteiger partial charge in [0.15, 0.2) is 0 Å². The van der Waals surface area contributed by atoms with E-state index in [9.17, 15) is 29.6 Å². The average Bonchev–Trinajstić information content (AvgIpc) is 2.89. The zero-order valence-electron chi connectivity index (χ0n) is 21.1. The number of aromatic nitrogens is 2. The van der Waals surface area contributed by atoms with Crippen LogP contribution in [0.15, 0.2) is 50.8 Å². The lowest BCUT2D eigenvalue weighted by atomic mass is 9.83. The number of hydrogen-bond donors (Lipinski definition) is 2. The van der Waals surface area contributed by atoms with Crippen molar-refractivity contribution in [3.63, 3.8) is 0 Å². The highest BCUT2D eigenvalue weighted by Crippen LogP contribution is 2.48. The van der Waals surface area contributed by atoms with Crippen LogP contribution in [0.2, 0.25) is 0 Å². The van der Waals surface area contributed by atoms with E-state index in [4.69, 9.17) is 5.41 Å². The van der Waals surface area contributed by atoms with Crippen LogP contribution in [-0.2, 0) is 6.54 Å². The van der Waals surface area contributed by atoms with E-state index in [0.29, 0.717) is 37.9 Å². The zero-order chi connectivity index (χ0) is 27.7. The molecule has 0 amide bonds. The molecule has 1 aliphatic heterocycles. The maximum atomic E-state index is 13.5. The lowest BCUT2D eigenvalue weighted by Crippen LogP contribution is -2.37. The normalized spacial score (nSPS) is 12.5. The molecule has 39 heavy (non-hydrogen) atoms. The lowest BCUT2D eigenvalue weighted by Gasteiger charge is -2.22. The van der Waals surface area contributed by atoms with Crippen LogP contribution >= 0.6 is 0 Å². The topological polar surface area (TPSA) is 148 Å². The van der Waals surface area contributed by atoms with Crippen LogP contribution in [0, 0.1) is 15.5 Å². The van der Waals surface area contributed by atoms with Crippen LogP contribution in [-0.4, -0.2) is 19.2 Å². The molecule has 2 heterocycles. The highest BCUT2D eigenvalue weighted by molar-refractivity contribution is 6.39. The summed E-state index contributed by atoms with van der Waals surface area (Å²) >= 11 is 0. The quantitative estimate of drug-likeness (QED) is 0.154. The second kappa shape index (κ2) is 7.25. The predicted octanol–water partition coefficient (Wildman–Crippen LogP) is 4.25. The Balaban J connectivity index is 1.90. The SMILES string of the molecule is CCn1c(O)c2cc([N+](=O)[O-])c3c4ccc5c6c4c(c(=N)cc-6c(=O)n(C(C)C)c5=O)c4ccc(c1=O)c2c43. The molecule has 0 radical (unpaired) electrons. The number of rotatable bonds is 3. The molecule has 192 valence electrons. The van der Waals surface area contributed by atoms with Gasteiger partial charge in [-0.1, -0.05) is 12.1 Å².